The second-order valence-corrected chi connectivity index (χ2v) is 12.6. The summed E-state index contributed by atoms with van der Waals surface area (Å²) >= 11 is 0. The molecule has 0 N–H and O–H groups in total. The minimum Gasteiger partial charge on any atom is -0.352 e. The Hall–Kier alpha value is -0.480. The van der Waals surface area contributed by atoms with Gasteiger partial charge in [-0.25, -0.2) is 0 Å². The second kappa shape index (κ2) is 14.5. The van der Waals surface area contributed by atoms with Crippen LogP contribution < -0.4 is 0 Å². The third kappa shape index (κ3) is 8.80. The summed E-state index contributed by atoms with van der Waals surface area (Å²) in [6, 6.07) is 0. The molecule has 0 amide bonds. The molecule has 0 aromatic rings. The Labute approximate surface area is 214 Å². The molecule has 4 aliphatic rings. The molecular weight excluding hydrogens is 442 g/mol. The van der Waals surface area contributed by atoms with Crippen molar-refractivity contribution in [1.29, 1.82) is 0 Å². The predicted octanol–water partition coefficient (Wildman–Crippen LogP) is 9.54. The van der Waals surface area contributed by atoms with Gasteiger partial charge in [-0.2, -0.15) is 8.78 Å². The van der Waals surface area contributed by atoms with Crippen molar-refractivity contribution < 1.29 is 18.3 Å². The Balaban J connectivity index is 1.06. The van der Waals surface area contributed by atoms with Gasteiger partial charge in [0.2, 0.25) is 0 Å². The van der Waals surface area contributed by atoms with Crippen molar-refractivity contribution in [3.05, 3.63) is 12.2 Å². The van der Waals surface area contributed by atoms with E-state index in [-0.39, 0.29) is 6.29 Å². The van der Waals surface area contributed by atoms with Crippen LogP contribution in [-0.2, 0) is 9.47 Å². The average molecular weight is 495 g/mol. The van der Waals surface area contributed by atoms with Crippen molar-refractivity contribution in [3.63, 3.8) is 0 Å². The molecule has 0 spiro atoms. The summed E-state index contributed by atoms with van der Waals surface area (Å²) in [4.78, 5) is 0. The van der Waals surface area contributed by atoms with Crippen LogP contribution >= 0.6 is 0 Å². The van der Waals surface area contributed by atoms with E-state index in [0.29, 0.717) is 18.3 Å². The first kappa shape index (κ1) is 27.6. The Morgan fingerprint density at radius 1 is 0.600 bits per heavy atom. The van der Waals surface area contributed by atoms with E-state index in [0.717, 1.165) is 68.1 Å². The first-order valence-electron chi connectivity index (χ1n) is 15.3. The van der Waals surface area contributed by atoms with Crippen LogP contribution in [-0.4, -0.2) is 19.5 Å². The maximum atomic E-state index is 12.3. The molecular formula is C31H52F2O2. The molecule has 35 heavy (non-hydrogen) atoms. The first-order valence-corrected chi connectivity index (χ1v) is 15.3. The van der Waals surface area contributed by atoms with Gasteiger partial charge in [0.15, 0.2) is 6.29 Å². The highest BCUT2D eigenvalue weighted by Gasteiger charge is 2.35. The smallest absolute Gasteiger partial charge is 0.266 e. The van der Waals surface area contributed by atoms with Gasteiger partial charge >= 0.3 is 0 Å². The van der Waals surface area contributed by atoms with Gasteiger partial charge in [0.25, 0.3) is 6.08 Å². The molecule has 3 saturated carbocycles. The third-order valence-corrected chi connectivity index (χ3v) is 10.3. The highest BCUT2D eigenvalue weighted by Crippen LogP contribution is 2.46. The monoisotopic (exact) mass is 494 g/mol. The molecule has 1 heterocycles. The number of halogens is 2. The van der Waals surface area contributed by atoms with Crippen LogP contribution in [0.2, 0.25) is 0 Å². The van der Waals surface area contributed by atoms with Gasteiger partial charge in [-0.1, -0.05) is 45.4 Å². The summed E-state index contributed by atoms with van der Waals surface area (Å²) in [5, 5.41) is 0. The number of allylic oxidation sites excluding steroid dienone is 1. The van der Waals surface area contributed by atoms with Crippen molar-refractivity contribution in [2.24, 2.45) is 41.4 Å². The summed E-state index contributed by atoms with van der Waals surface area (Å²) in [6.45, 7) is 4.00. The van der Waals surface area contributed by atoms with Crippen molar-refractivity contribution in [2.75, 3.05) is 13.2 Å². The predicted molar refractivity (Wildman–Crippen MR) is 139 cm³/mol. The Morgan fingerprint density at radius 2 is 1.03 bits per heavy atom. The van der Waals surface area contributed by atoms with Gasteiger partial charge in [0.1, 0.15) is 0 Å². The van der Waals surface area contributed by atoms with E-state index < -0.39 is 6.08 Å². The molecule has 0 bridgehead atoms. The van der Waals surface area contributed by atoms with Gasteiger partial charge in [0, 0.05) is 5.92 Å². The van der Waals surface area contributed by atoms with Crippen LogP contribution in [0.1, 0.15) is 122 Å². The zero-order valence-electron chi connectivity index (χ0n) is 22.4. The fourth-order valence-corrected chi connectivity index (χ4v) is 8.04. The van der Waals surface area contributed by atoms with Gasteiger partial charge in [-0.15, -0.1) is 0 Å². The molecule has 4 heteroatoms. The second-order valence-electron chi connectivity index (χ2n) is 12.6. The van der Waals surface area contributed by atoms with Crippen LogP contribution in [0.4, 0.5) is 8.78 Å². The molecule has 0 unspecified atom stereocenters. The summed E-state index contributed by atoms with van der Waals surface area (Å²) in [6.07, 6.45) is 22.9. The van der Waals surface area contributed by atoms with Crippen molar-refractivity contribution >= 4 is 0 Å². The minimum atomic E-state index is -1.51. The largest absolute Gasteiger partial charge is 0.352 e. The first-order chi connectivity index (χ1) is 17.1. The quantitative estimate of drug-likeness (QED) is 0.301. The topological polar surface area (TPSA) is 18.5 Å². The molecule has 1 aliphatic heterocycles. The van der Waals surface area contributed by atoms with E-state index >= 15 is 0 Å². The molecule has 0 aromatic heterocycles. The lowest BCUT2D eigenvalue weighted by Crippen LogP contribution is -2.32. The van der Waals surface area contributed by atoms with Gasteiger partial charge in [-0.05, 0) is 119 Å². The summed E-state index contributed by atoms with van der Waals surface area (Å²) in [5.74, 6) is 6.07. The maximum Gasteiger partial charge on any atom is 0.266 e. The Morgan fingerprint density at radius 3 is 1.49 bits per heavy atom. The van der Waals surface area contributed by atoms with Crippen LogP contribution in [0.15, 0.2) is 12.2 Å². The Bertz CT molecular complexity index is 601. The normalized spacial score (nSPS) is 38.7. The van der Waals surface area contributed by atoms with Gasteiger partial charge < -0.3 is 9.47 Å². The van der Waals surface area contributed by atoms with Crippen LogP contribution in [0, 0.1) is 41.4 Å². The molecule has 4 rings (SSSR count). The molecule has 202 valence electrons. The fourth-order valence-electron chi connectivity index (χ4n) is 8.04. The number of hydrogen-bond donors (Lipinski definition) is 0. The van der Waals surface area contributed by atoms with E-state index in [1.807, 2.05) is 0 Å². The van der Waals surface area contributed by atoms with Crippen molar-refractivity contribution in [1.82, 2.24) is 0 Å². The molecule has 4 fully saturated rings. The lowest BCUT2D eigenvalue weighted by molar-refractivity contribution is -0.204. The van der Waals surface area contributed by atoms with E-state index in [1.165, 1.54) is 89.9 Å². The lowest BCUT2D eigenvalue weighted by Gasteiger charge is -2.41. The van der Waals surface area contributed by atoms with Gasteiger partial charge in [0.05, 0.1) is 13.2 Å². The number of rotatable bonds is 10. The summed E-state index contributed by atoms with van der Waals surface area (Å²) in [7, 11) is 0. The van der Waals surface area contributed by atoms with E-state index in [1.54, 1.807) is 0 Å². The molecule has 0 aromatic carbocycles. The summed E-state index contributed by atoms with van der Waals surface area (Å²) in [5.41, 5.74) is 0. The molecule has 2 nitrogen and oxygen atoms in total. The molecule has 0 atom stereocenters. The SMILES string of the molecule is CCCC1OCC(CCC2CCC(C3CCC(C4CCC(CCC=C(F)F)CC4)CC3)CC2)CO1. The van der Waals surface area contributed by atoms with Crippen LogP contribution in [0.25, 0.3) is 0 Å². The summed E-state index contributed by atoms with van der Waals surface area (Å²) < 4.78 is 36.3. The standard InChI is InChI=1S/C31H52F2O2/c1-2-4-31-34-21-25(22-35-31)8-7-24-11-15-27(16-12-24)29-19-17-28(18-20-29)26-13-9-23(10-14-26)5-3-6-30(32)33/h6,23-29,31H,2-5,7-22H2,1H3. The molecule has 1 saturated heterocycles. The zero-order chi connectivity index (χ0) is 24.5. The van der Waals surface area contributed by atoms with Crippen molar-refractivity contribution in [3.8, 4) is 0 Å². The molecule has 0 radical (unpaired) electrons. The number of ether oxygens (including phenoxy) is 2. The lowest BCUT2D eigenvalue weighted by atomic mass is 9.64. The van der Waals surface area contributed by atoms with Crippen LogP contribution in [0.3, 0.4) is 0 Å². The average Bonchev–Trinajstić information content (AvgIpc) is 2.89. The number of hydrogen-bond acceptors (Lipinski definition) is 2. The van der Waals surface area contributed by atoms with Crippen LogP contribution in [0.5, 0.6) is 0 Å². The fraction of sp³-hybridized carbons (Fsp3) is 0.935. The van der Waals surface area contributed by atoms with E-state index in [9.17, 15) is 8.78 Å². The van der Waals surface area contributed by atoms with Crippen molar-refractivity contribution in [2.45, 2.75) is 129 Å². The highest BCUT2D eigenvalue weighted by atomic mass is 19.3. The van der Waals surface area contributed by atoms with E-state index in [4.69, 9.17) is 9.47 Å². The zero-order valence-corrected chi connectivity index (χ0v) is 22.4. The molecule has 3 aliphatic carbocycles. The Kier molecular flexibility index (Phi) is 11.4. The maximum absolute atomic E-state index is 12.3. The highest BCUT2D eigenvalue weighted by molar-refractivity contribution is 4.87. The third-order valence-electron chi connectivity index (χ3n) is 10.3. The minimum absolute atomic E-state index is 0.0555. The van der Waals surface area contributed by atoms with Gasteiger partial charge in [-0.3, -0.25) is 0 Å². The van der Waals surface area contributed by atoms with E-state index in [2.05, 4.69) is 6.92 Å².